The van der Waals surface area contributed by atoms with Crippen LogP contribution < -0.4 is 5.32 Å². The topological polar surface area (TPSA) is 62.3 Å². The van der Waals surface area contributed by atoms with E-state index in [0.29, 0.717) is 5.92 Å². The number of sulfonamides is 1. The number of hydrogen-bond acceptors (Lipinski definition) is 5. The Morgan fingerprint density at radius 1 is 1.47 bits per heavy atom. The molecule has 0 amide bonds. The van der Waals surface area contributed by atoms with Crippen LogP contribution >= 0.6 is 11.8 Å². The largest absolute Gasteiger partial charge is 0.370 e. The highest BCUT2D eigenvalue weighted by molar-refractivity contribution is 7.99. The summed E-state index contributed by atoms with van der Waals surface area (Å²) in [6.07, 6.45) is 2.64. The monoisotopic (exact) mass is 301 g/mol. The number of nitrogens with zero attached hydrogens (tertiary/aromatic N) is 2. The Morgan fingerprint density at radius 2 is 2.26 bits per heavy atom. The van der Waals surface area contributed by atoms with E-state index in [1.165, 1.54) is 42.5 Å². The first-order chi connectivity index (χ1) is 9.00. The van der Waals surface area contributed by atoms with Gasteiger partial charge in [-0.2, -0.15) is 11.8 Å². The van der Waals surface area contributed by atoms with Crippen LogP contribution in [0.4, 0.5) is 5.82 Å². The molecular formula is C12H19N3O2S2. The lowest BCUT2D eigenvalue weighted by molar-refractivity contribution is 0.520. The maximum atomic E-state index is 11.9. The molecule has 1 aromatic rings. The Labute approximate surface area is 118 Å². The van der Waals surface area contributed by atoms with E-state index in [1.807, 2.05) is 11.8 Å². The molecule has 1 N–H and O–H groups in total. The van der Waals surface area contributed by atoms with Crippen LogP contribution in [0.1, 0.15) is 6.42 Å². The molecule has 1 unspecified atom stereocenters. The molecule has 2 heterocycles. The first-order valence-electron chi connectivity index (χ1n) is 6.20. The molecule has 1 saturated heterocycles. The summed E-state index contributed by atoms with van der Waals surface area (Å²) >= 11 is 1.98. The van der Waals surface area contributed by atoms with Crippen molar-refractivity contribution in [3.05, 3.63) is 18.3 Å². The summed E-state index contributed by atoms with van der Waals surface area (Å²) in [6.45, 7) is 0.903. The summed E-state index contributed by atoms with van der Waals surface area (Å²) in [5, 5.41) is 3.26. The Morgan fingerprint density at radius 3 is 2.79 bits per heavy atom. The maximum absolute atomic E-state index is 11.9. The van der Waals surface area contributed by atoms with Gasteiger partial charge in [-0.05, 0) is 36.0 Å². The highest BCUT2D eigenvalue weighted by Gasteiger charge is 2.18. The number of rotatable bonds is 5. The van der Waals surface area contributed by atoms with Crippen LogP contribution in [0, 0.1) is 5.92 Å². The van der Waals surface area contributed by atoms with Gasteiger partial charge in [0.1, 0.15) is 10.7 Å². The van der Waals surface area contributed by atoms with Gasteiger partial charge in [-0.25, -0.2) is 17.7 Å². The lowest BCUT2D eigenvalue weighted by atomic mass is 10.1. The SMILES string of the molecule is CN(C)S(=O)(=O)c1ccc(NCC2CCSC2)nc1. The Bertz CT molecular complexity index is 508. The Balaban J connectivity index is 1.98. The van der Waals surface area contributed by atoms with Crippen molar-refractivity contribution in [2.24, 2.45) is 5.92 Å². The van der Waals surface area contributed by atoms with Crippen molar-refractivity contribution in [3.63, 3.8) is 0 Å². The van der Waals surface area contributed by atoms with E-state index in [0.717, 1.165) is 12.4 Å². The summed E-state index contributed by atoms with van der Waals surface area (Å²) in [4.78, 5) is 4.39. The third-order valence-corrected chi connectivity index (χ3v) is 6.14. The molecule has 19 heavy (non-hydrogen) atoms. The van der Waals surface area contributed by atoms with Crippen LogP contribution in [0.5, 0.6) is 0 Å². The predicted octanol–water partition coefficient (Wildman–Crippen LogP) is 1.50. The molecule has 106 valence electrons. The first kappa shape index (κ1) is 14.6. The molecule has 0 spiro atoms. The quantitative estimate of drug-likeness (QED) is 0.893. The van der Waals surface area contributed by atoms with Crippen molar-refractivity contribution in [1.29, 1.82) is 0 Å². The van der Waals surface area contributed by atoms with Crippen molar-refractivity contribution in [3.8, 4) is 0 Å². The third kappa shape index (κ3) is 3.61. The molecule has 5 nitrogen and oxygen atoms in total. The number of hydrogen-bond donors (Lipinski definition) is 1. The summed E-state index contributed by atoms with van der Waals surface area (Å²) in [7, 11) is -0.358. The van der Waals surface area contributed by atoms with Gasteiger partial charge in [0, 0.05) is 26.8 Å². The highest BCUT2D eigenvalue weighted by Crippen LogP contribution is 2.23. The van der Waals surface area contributed by atoms with Gasteiger partial charge in [0.25, 0.3) is 0 Å². The molecule has 0 saturated carbocycles. The summed E-state index contributed by atoms with van der Waals surface area (Å²) in [5.74, 6) is 3.85. The van der Waals surface area contributed by atoms with Crippen LogP contribution in [0.3, 0.4) is 0 Å². The van der Waals surface area contributed by atoms with Crippen LogP contribution in [0.15, 0.2) is 23.2 Å². The van der Waals surface area contributed by atoms with E-state index >= 15 is 0 Å². The van der Waals surface area contributed by atoms with E-state index in [4.69, 9.17) is 0 Å². The van der Waals surface area contributed by atoms with Gasteiger partial charge in [-0.1, -0.05) is 0 Å². The molecule has 2 rings (SSSR count). The Hall–Kier alpha value is -0.790. The zero-order valence-corrected chi connectivity index (χ0v) is 12.8. The minimum Gasteiger partial charge on any atom is -0.370 e. The smallest absolute Gasteiger partial charge is 0.244 e. The third-order valence-electron chi connectivity index (χ3n) is 3.11. The molecule has 1 aliphatic heterocycles. The lowest BCUT2D eigenvalue weighted by Crippen LogP contribution is -2.22. The van der Waals surface area contributed by atoms with Crippen molar-refractivity contribution in [2.45, 2.75) is 11.3 Å². The molecule has 1 aliphatic rings. The lowest BCUT2D eigenvalue weighted by Gasteiger charge is -2.13. The van der Waals surface area contributed by atoms with Crippen molar-refractivity contribution >= 4 is 27.6 Å². The molecule has 0 bridgehead atoms. The van der Waals surface area contributed by atoms with Gasteiger partial charge in [0.05, 0.1) is 0 Å². The second-order valence-corrected chi connectivity index (χ2v) is 8.08. The average Bonchev–Trinajstić information content (AvgIpc) is 2.90. The molecule has 1 aromatic heterocycles. The molecule has 1 atom stereocenters. The average molecular weight is 301 g/mol. The number of thioether (sulfide) groups is 1. The predicted molar refractivity (Wildman–Crippen MR) is 79.0 cm³/mol. The second-order valence-electron chi connectivity index (χ2n) is 4.78. The van der Waals surface area contributed by atoms with E-state index in [-0.39, 0.29) is 4.90 Å². The molecule has 1 fully saturated rings. The van der Waals surface area contributed by atoms with Gasteiger partial charge < -0.3 is 5.32 Å². The zero-order valence-electron chi connectivity index (χ0n) is 11.2. The number of nitrogens with one attached hydrogen (secondary N) is 1. The molecule has 0 aliphatic carbocycles. The standard InChI is InChI=1S/C12H19N3O2S2/c1-15(2)19(16,17)11-3-4-12(14-8-11)13-7-10-5-6-18-9-10/h3-4,8,10H,5-7,9H2,1-2H3,(H,13,14). The van der Waals surface area contributed by atoms with Gasteiger partial charge >= 0.3 is 0 Å². The molecule has 0 aromatic carbocycles. The minimum atomic E-state index is -3.38. The van der Waals surface area contributed by atoms with Gasteiger partial charge in [0.15, 0.2) is 0 Å². The molecule has 0 radical (unpaired) electrons. The van der Waals surface area contributed by atoms with E-state index < -0.39 is 10.0 Å². The van der Waals surface area contributed by atoms with Gasteiger partial charge in [-0.3, -0.25) is 0 Å². The fourth-order valence-electron chi connectivity index (χ4n) is 1.84. The van der Waals surface area contributed by atoms with Crippen LogP contribution in [-0.4, -0.2) is 49.9 Å². The van der Waals surface area contributed by atoms with E-state index in [1.54, 1.807) is 12.1 Å². The molecular weight excluding hydrogens is 282 g/mol. The highest BCUT2D eigenvalue weighted by atomic mass is 32.2. The van der Waals surface area contributed by atoms with Crippen molar-refractivity contribution in [1.82, 2.24) is 9.29 Å². The fraction of sp³-hybridized carbons (Fsp3) is 0.583. The van der Waals surface area contributed by atoms with E-state index in [9.17, 15) is 8.42 Å². The van der Waals surface area contributed by atoms with E-state index in [2.05, 4.69) is 10.3 Å². The van der Waals surface area contributed by atoms with Crippen molar-refractivity contribution in [2.75, 3.05) is 37.5 Å². The summed E-state index contributed by atoms with van der Waals surface area (Å²) in [5.41, 5.74) is 0. The normalized spacial score (nSPS) is 19.8. The van der Waals surface area contributed by atoms with Crippen LogP contribution in [0.25, 0.3) is 0 Å². The summed E-state index contributed by atoms with van der Waals surface area (Å²) < 4.78 is 24.9. The second kappa shape index (κ2) is 6.11. The van der Waals surface area contributed by atoms with Crippen molar-refractivity contribution < 1.29 is 8.42 Å². The maximum Gasteiger partial charge on any atom is 0.244 e. The van der Waals surface area contributed by atoms with Crippen LogP contribution in [0.2, 0.25) is 0 Å². The fourth-order valence-corrected chi connectivity index (χ4v) is 3.97. The molecule has 7 heteroatoms. The zero-order chi connectivity index (χ0) is 13.9. The summed E-state index contributed by atoms with van der Waals surface area (Å²) in [6, 6.07) is 3.31. The first-order valence-corrected chi connectivity index (χ1v) is 8.80. The van der Waals surface area contributed by atoms with Crippen LogP contribution in [-0.2, 0) is 10.0 Å². The number of aromatic nitrogens is 1. The number of pyridine rings is 1. The Kier molecular flexibility index (Phi) is 4.70. The minimum absolute atomic E-state index is 0.222. The van der Waals surface area contributed by atoms with Gasteiger partial charge in [0.2, 0.25) is 10.0 Å². The van der Waals surface area contributed by atoms with Gasteiger partial charge in [-0.15, -0.1) is 0 Å². The number of anilines is 1.